The van der Waals surface area contributed by atoms with E-state index in [1.54, 1.807) is 6.20 Å². The zero-order valence-electron chi connectivity index (χ0n) is 14.3. The van der Waals surface area contributed by atoms with Gasteiger partial charge in [-0.1, -0.05) is 71.8 Å². The molecule has 0 amide bonds. The number of rotatable bonds is 8. The fourth-order valence-electron chi connectivity index (χ4n) is 2.65. The third kappa shape index (κ3) is 5.66. The molecule has 0 N–H and O–H groups in total. The van der Waals surface area contributed by atoms with E-state index in [1.165, 1.54) is 5.56 Å². The van der Waals surface area contributed by atoms with Crippen LogP contribution in [0.25, 0.3) is 6.08 Å². The molecule has 0 spiro atoms. The second-order valence-electron chi connectivity index (χ2n) is 5.89. The number of halogens is 2. The third-order valence-corrected chi connectivity index (χ3v) is 5.80. The summed E-state index contributed by atoms with van der Waals surface area (Å²) in [7, 11) is 0. The minimum absolute atomic E-state index is 0.249. The van der Waals surface area contributed by atoms with Gasteiger partial charge in [-0.2, -0.15) is 11.8 Å². The van der Waals surface area contributed by atoms with Crippen molar-refractivity contribution in [3.63, 3.8) is 0 Å². The summed E-state index contributed by atoms with van der Waals surface area (Å²) in [6.07, 6.45) is 11.0. The molecule has 0 fully saturated rings. The van der Waals surface area contributed by atoms with E-state index in [0.29, 0.717) is 5.02 Å². The van der Waals surface area contributed by atoms with Crippen molar-refractivity contribution in [1.29, 1.82) is 0 Å². The Bertz CT molecular complexity index is 832. The van der Waals surface area contributed by atoms with E-state index in [2.05, 4.69) is 46.0 Å². The predicted octanol–water partition coefficient (Wildman–Crippen LogP) is 6.77. The van der Waals surface area contributed by atoms with Gasteiger partial charge in [0, 0.05) is 34.2 Å². The molecule has 2 aromatic carbocycles. The van der Waals surface area contributed by atoms with Gasteiger partial charge < -0.3 is 4.57 Å². The lowest BCUT2D eigenvalue weighted by atomic mass is 10.1. The van der Waals surface area contributed by atoms with E-state index >= 15 is 0 Å². The summed E-state index contributed by atoms with van der Waals surface area (Å²) in [4.78, 5) is 4.14. The van der Waals surface area contributed by atoms with E-state index in [1.807, 2.05) is 48.6 Å². The van der Waals surface area contributed by atoms with Crippen molar-refractivity contribution in [2.45, 2.75) is 18.2 Å². The molecular formula is C21H20Cl2N2S. The fourth-order valence-corrected chi connectivity index (χ4v) is 4.48. The first kappa shape index (κ1) is 19.1. The second kappa shape index (κ2) is 9.86. The zero-order valence-corrected chi connectivity index (χ0v) is 16.6. The Morgan fingerprint density at radius 2 is 1.96 bits per heavy atom. The van der Waals surface area contributed by atoms with Crippen LogP contribution in [0.4, 0.5) is 0 Å². The van der Waals surface area contributed by atoms with Gasteiger partial charge in [-0.3, -0.25) is 0 Å². The van der Waals surface area contributed by atoms with Crippen LogP contribution in [-0.4, -0.2) is 15.3 Å². The Balaban J connectivity index is 1.63. The quantitative estimate of drug-likeness (QED) is 0.386. The van der Waals surface area contributed by atoms with Crippen LogP contribution in [-0.2, 0) is 6.54 Å². The summed E-state index contributed by atoms with van der Waals surface area (Å²) < 4.78 is 2.09. The lowest BCUT2D eigenvalue weighted by Crippen LogP contribution is -2.06. The molecule has 1 atom stereocenters. The van der Waals surface area contributed by atoms with Crippen LogP contribution in [0.3, 0.4) is 0 Å². The van der Waals surface area contributed by atoms with Crippen LogP contribution in [0.1, 0.15) is 22.8 Å². The second-order valence-corrected chi connectivity index (χ2v) is 8.04. The molecule has 134 valence electrons. The summed E-state index contributed by atoms with van der Waals surface area (Å²) in [6.45, 7) is 0.828. The molecule has 1 unspecified atom stereocenters. The number of nitrogens with zero attached hydrogens (tertiary/aromatic N) is 2. The van der Waals surface area contributed by atoms with Crippen molar-refractivity contribution in [2.24, 2.45) is 0 Å². The lowest BCUT2D eigenvalue weighted by molar-refractivity contribution is 0.683. The third-order valence-electron chi connectivity index (χ3n) is 3.96. The summed E-state index contributed by atoms with van der Waals surface area (Å²) in [5.41, 5.74) is 2.34. The van der Waals surface area contributed by atoms with Crippen LogP contribution in [0.2, 0.25) is 10.0 Å². The molecule has 2 nitrogen and oxygen atoms in total. The molecule has 0 aliphatic carbocycles. The first-order valence-electron chi connectivity index (χ1n) is 8.46. The normalized spacial score (nSPS) is 12.5. The largest absolute Gasteiger partial charge is 0.336 e. The van der Waals surface area contributed by atoms with Gasteiger partial charge in [0.1, 0.15) is 0 Å². The van der Waals surface area contributed by atoms with E-state index in [0.717, 1.165) is 29.3 Å². The van der Waals surface area contributed by atoms with Crippen LogP contribution in [0.15, 0.2) is 73.3 Å². The summed E-state index contributed by atoms with van der Waals surface area (Å²) in [6, 6.07) is 16.1. The number of aromatic nitrogens is 2. The minimum atomic E-state index is 0.249. The Morgan fingerprint density at radius 1 is 1.12 bits per heavy atom. The number of benzene rings is 2. The van der Waals surface area contributed by atoms with Crippen molar-refractivity contribution in [3.8, 4) is 0 Å². The summed E-state index contributed by atoms with van der Waals surface area (Å²) >= 11 is 14.4. The van der Waals surface area contributed by atoms with Gasteiger partial charge in [0.2, 0.25) is 0 Å². The van der Waals surface area contributed by atoms with Gasteiger partial charge in [0.05, 0.1) is 6.33 Å². The highest BCUT2D eigenvalue weighted by Crippen LogP contribution is 2.36. The van der Waals surface area contributed by atoms with Crippen molar-refractivity contribution >= 4 is 41.0 Å². The summed E-state index contributed by atoms with van der Waals surface area (Å²) in [5, 5.41) is 1.63. The molecule has 3 rings (SSSR count). The first-order valence-corrected chi connectivity index (χ1v) is 10.3. The number of imidazole rings is 1. The fraction of sp³-hybridized carbons (Fsp3) is 0.190. The summed E-state index contributed by atoms with van der Waals surface area (Å²) in [5.74, 6) is 1.02. The van der Waals surface area contributed by atoms with Crippen molar-refractivity contribution in [2.75, 3.05) is 5.75 Å². The van der Waals surface area contributed by atoms with Gasteiger partial charge >= 0.3 is 0 Å². The highest BCUT2D eigenvalue weighted by Gasteiger charge is 2.16. The van der Waals surface area contributed by atoms with Crippen LogP contribution in [0.5, 0.6) is 0 Å². The van der Waals surface area contributed by atoms with E-state index in [-0.39, 0.29) is 5.25 Å². The maximum atomic E-state index is 6.45. The van der Waals surface area contributed by atoms with Crippen LogP contribution < -0.4 is 0 Å². The smallest absolute Gasteiger partial charge is 0.0946 e. The van der Waals surface area contributed by atoms with Gasteiger partial charge in [-0.05, 0) is 35.4 Å². The number of thioether (sulfide) groups is 1. The van der Waals surface area contributed by atoms with Crippen molar-refractivity contribution in [1.82, 2.24) is 9.55 Å². The number of allylic oxidation sites excluding steroid dienone is 1. The molecule has 0 saturated heterocycles. The Morgan fingerprint density at radius 3 is 2.69 bits per heavy atom. The Labute approximate surface area is 168 Å². The molecule has 3 aromatic rings. The maximum absolute atomic E-state index is 6.45. The van der Waals surface area contributed by atoms with Crippen LogP contribution in [0, 0.1) is 0 Å². The van der Waals surface area contributed by atoms with E-state index in [4.69, 9.17) is 23.2 Å². The number of hydrogen-bond acceptors (Lipinski definition) is 2. The molecule has 0 aliphatic heterocycles. The van der Waals surface area contributed by atoms with Gasteiger partial charge in [-0.25, -0.2) is 4.98 Å². The van der Waals surface area contributed by atoms with E-state index < -0.39 is 0 Å². The molecule has 0 bridgehead atoms. The minimum Gasteiger partial charge on any atom is -0.336 e. The maximum Gasteiger partial charge on any atom is 0.0946 e. The van der Waals surface area contributed by atoms with Gasteiger partial charge in [0.25, 0.3) is 0 Å². The van der Waals surface area contributed by atoms with Crippen molar-refractivity contribution < 1.29 is 0 Å². The lowest BCUT2D eigenvalue weighted by Gasteiger charge is -2.19. The highest BCUT2D eigenvalue weighted by molar-refractivity contribution is 7.99. The molecule has 1 aromatic heterocycles. The zero-order chi connectivity index (χ0) is 18.2. The predicted molar refractivity (Wildman–Crippen MR) is 114 cm³/mol. The first-order chi connectivity index (χ1) is 12.7. The molecule has 26 heavy (non-hydrogen) atoms. The number of hydrogen-bond donors (Lipinski definition) is 0. The van der Waals surface area contributed by atoms with Crippen LogP contribution >= 0.6 is 35.0 Å². The average Bonchev–Trinajstić information content (AvgIpc) is 3.15. The standard InChI is InChI=1S/C21H20Cl2N2S/c22-18-9-10-19(20(23)14-18)21(15-25-12-11-24-16-25)26-13-5-4-8-17-6-2-1-3-7-17/h1-4,6-12,14,16,21H,5,13,15H2. The van der Waals surface area contributed by atoms with Gasteiger partial charge in [-0.15, -0.1) is 0 Å². The Hall–Kier alpha value is -1.68. The molecular weight excluding hydrogens is 383 g/mol. The molecule has 0 radical (unpaired) electrons. The monoisotopic (exact) mass is 402 g/mol. The molecule has 1 heterocycles. The SMILES string of the molecule is Clc1ccc(C(Cn2ccnc2)SCCC=Cc2ccccc2)c(Cl)c1. The Kier molecular flexibility index (Phi) is 7.24. The molecule has 0 saturated carbocycles. The van der Waals surface area contributed by atoms with E-state index in [9.17, 15) is 0 Å². The highest BCUT2D eigenvalue weighted by atomic mass is 35.5. The molecule has 0 aliphatic rings. The topological polar surface area (TPSA) is 17.8 Å². The van der Waals surface area contributed by atoms with Gasteiger partial charge in [0.15, 0.2) is 0 Å². The average molecular weight is 403 g/mol. The molecule has 5 heteroatoms. The van der Waals surface area contributed by atoms with Crippen molar-refractivity contribution in [3.05, 3.63) is 94.5 Å².